The number of halogens is 2. The van der Waals surface area contributed by atoms with Gasteiger partial charge in [0.05, 0.1) is 5.69 Å². The van der Waals surface area contributed by atoms with Gasteiger partial charge in [-0.3, -0.25) is 14.4 Å². The lowest BCUT2D eigenvalue weighted by molar-refractivity contribution is -0.120. The van der Waals surface area contributed by atoms with Gasteiger partial charge in [0, 0.05) is 29.4 Å². The number of nitrogens with one attached hydrogen (secondary N) is 1. The molecule has 1 saturated heterocycles. The largest absolute Gasteiger partial charge is 0.350 e. The second-order valence-electron chi connectivity index (χ2n) is 8.27. The van der Waals surface area contributed by atoms with Gasteiger partial charge in [-0.2, -0.15) is 0 Å². The van der Waals surface area contributed by atoms with Crippen molar-refractivity contribution in [1.82, 2.24) is 4.90 Å². The molecule has 0 bridgehead atoms. The standard InChI is InChI=1S/C24H23Cl2N3O3/c1-14-5-4-10-28(13-14)22(30)16-6-3-7-17(11-16)27-21-20(26)23(31)29(24(21)32)18-9-8-15(2)19(25)12-18/h3,6-9,11-12,14,27H,4-5,10,13H2,1-2H3. The van der Waals surface area contributed by atoms with Crippen LogP contribution in [0.15, 0.2) is 53.2 Å². The minimum absolute atomic E-state index is 0.0374. The Bertz CT molecular complexity index is 1150. The van der Waals surface area contributed by atoms with Crippen molar-refractivity contribution in [3.8, 4) is 0 Å². The van der Waals surface area contributed by atoms with Gasteiger partial charge in [-0.15, -0.1) is 0 Å². The van der Waals surface area contributed by atoms with Crippen LogP contribution < -0.4 is 10.2 Å². The number of aryl methyl sites for hydroxylation is 1. The number of amides is 3. The van der Waals surface area contributed by atoms with Crippen LogP contribution in [0.3, 0.4) is 0 Å². The van der Waals surface area contributed by atoms with Gasteiger partial charge in [-0.25, -0.2) is 4.90 Å². The topological polar surface area (TPSA) is 69.7 Å². The summed E-state index contributed by atoms with van der Waals surface area (Å²) in [6.45, 7) is 5.44. The van der Waals surface area contributed by atoms with Gasteiger partial charge in [-0.1, -0.05) is 42.3 Å². The van der Waals surface area contributed by atoms with Crippen molar-refractivity contribution in [2.24, 2.45) is 5.92 Å². The molecule has 32 heavy (non-hydrogen) atoms. The molecule has 6 nitrogen and oxygen atoms in total. The number of likely N-dealkylation sites (tertiary alicyclic amines) is 1. The third-order valence-corrected chi connectivity index (χ3v) is 6.52. The molecule has 4 rings (SSSR count). The second-order valence-corrected chi connectivity index (χ2v) is 9.06. The minimum Gasteiger partial charge on any atom is -0.350 e. The molecule has 1 unspecified atom stereocenters. The van der Waals surface area contributed by atoms with Crippen LogP contribution >= 0.6 is 23.2 Å². The number of benzene rings is 2. The number of hydrogen-bond donors (Lipinski definition) is 1. The van der Waals surface area contributed by atoms with Gasteiger partial charge in [0.1, 0.15) is 10.7 Å². The number of hydrogen-bond acceptors (Lipinski definition) is 4. The van der Waals surface area contributed by atoms with Gasteiger partial charge >= 0.3 is 0 Å². The van der Waals surface area contributed by atoms with Crippen molar-refractivity contribution in [2.75, 3.05) is 23.3 Å². The first-order valence-electron chi connectivity index (χ1n) is 10.5. The molecular formula is C24H23Cl2N3O3. The maximum Gasteiger partial charge on any atom is 0.283 e. The summed E-state index contributed by atoms with van der Waals surface area (Å²) in [6, 6.07) is 11.8. The molecule has 2 aliphatic heterocycles. The molecule has 3 amide bonds. The van der Waals surface area contributed by atoms with Crippen LogP contribution in [-0.2, 0) is 9.59 Å². The smallest absolute Gasteiger partial charge is 0.283 e. The fourth-order valence-electron chi connectivity index (χ4n) is 4.00. The monoisotopic (exact) mass is 471 g/mol. The maximum atomic E-state index is 13.0. The van der Waals surface area contributed by atoms with E-state index in [4.69, 9.17) is 23.2 Å². The first kappa shape index (κ1) is 22.4. The van der Waals surface area contributed by atoms with Crippen LogP contribution in [0.5, 0.6) is 0 Å². The lowest BCUT2D eigenvalue weighted by Crippen LogP contribution is -2.39. The Morgan fingerprint density at radius 2 is 1.88 bits per heavy atom. The highest BCUT2D eigenvalue weighted by Gasteiger charge is 2.39. The van der Waals surface area contributed by atoms with E-state index in [2.05, 4.69) is 12.2 Å². The van der Waals surface area contributed by atoms with Gasteiger partial charge in [0.2, 0.25) is 0 Å². The quantitative estimate of drug-likeness (QED) is 0.639. The predicted octanol–water partition coefficient (Wildman–Crippen LogP) is 4.96. The average Bonchev–Trinajstić information content (AvgIpc) is 2.98. The summed E-state index contributed by atoms with van der Waals surface area (Å²) in [4.78, 5) is 41.5. The van der Waals surface area contributed by atoms with E-state index >= 15 is 0 Å². The molecule has 1 N–H and O–H groups in total. The van der Waals surface area contributed by atoms with Crippen molar-refractivity contribution < 1.29 is 14.4 Å². The summed E-state index contributed by atoms with van der Waals surface area (Å²) in [5.74, 6) is -0.790. The van der Waals surface area contributed by atoms with Crippen LogP contribution in [0.1, 0.15) is 35.7 Å². The number of imide groups is 1. The highest BCUT2D eigenvalue weighted by atomic mass is 35.5. The summed E-state index contributed by atoms with van der Waals surface area (Å²) in [6.07, 6.45) is 2.11. The Morgan fingerprint density at radius 3 is 2.59 bits per heavy atom. The SMILES string of the molecule is Cc1ccc(N2C(=O)C(Cl)=C(Nc3cccc(C(=O)N4CCCC(C)C4)c3)C2=O)cc1Cl. The van der Waals surface area contributed by atoms with E-state index in [1.807, 2.05) is 11.8 Å². The summed E-state index contributed by atoms with van der Waals surface area (Å²) < 4.78 is 0. The average molecular weight is 472 g/mol. The number of piperidine rings is 1. The normalized spacial score (nSPS) is 19.1. The summed E-state index contributed by atoms with van der Waals surface area (Å²) >= 11 is 12.4. The number of anilines is 2. The molecule has 2 heterocycles. The van der Waals surface area contributed by atoms with E-state index in [0.717, 1.165) is 36.4 Å². The van der Waals surface area contributed by atoms with Gasteiger partial charge in [0.25, 0.3) is 17.7 Å². The van der Waals surface area contributed by atoms with Crippen molar-refractivity contribution in [1.29, 1.82) is 0 Å². The Morgan fingerprint density at radius 1 is 1.09 bits per heavy atom. The number of carbonyl (C=O) groups excluding carboxylic acids is 3. The molecule has 0 saturated carbocycles. The second kappa shape index (κ2) is 8.96. The van der Waals surface area contributed by atoms with Crippen LogP contribution in [0.4, 0.5) is 11.4 Å². The van der Waals surface area contributed by atoms with Crippen molar-refractivity contribution >= 4 is 52.3 Å². The molecule has 2 aliphatic rings. The Hall–Kier alpha value is -2.83. The third kappa shape index (κ3) is 4.25. The number of rotatable bonds is 4. The zero-order valence-corrected chi connectivity index (χ0v) is 19.3. The molecule has 0 aliphatic carbocycles. The first-order chi connectivity index (χ1) is 15.3. The predicted molar refractivity (Wildman–Crippen MR) is 126 cm³/mol. The van der Waals surface area contributed by atoms with Crippen molar-refractivity contribution in [3.63, 3.8) is 0 Å². The number of nitrogens with zero attached hydrogens (tertiary/aromatic N) is 2. The fourth-order valence-corrected chi connectivity index (χ4v) is 4.38. The Labute approximate surface area is 196 Å². The molecule has 1 fully saturated rings. The summed E-state index contributed by atoms with van der Waals surface area (Å²) in [5.41, 5.74) is 2.15. The maximum absolute atomic E-state index is 13.0. The summed E-state index contributed by atoms with van der Waals surface area (Å²) in [7, 11) is 0. The zero-order valence-electron chi connectivity index (χ0n) is 17.8. The van der Waals surface area contributed by atoms with Crippen LogP contribution in [-0.4, -0.2) is 35.7 Å². The highest BCUT2D eigenvalue weighted by molar-refractivity contribution is 6.53. The first-order valence-corrected chi connectivity index (χ1v) is 11.2. The Balaban J connectivity index is 1.55. The zero-order chi connectivity index (χ0) is 23.0. The molecule has 2 aromatic carbocycles. The molecule has 8 heteroatoms. The van der Waals surface area contributed by atoms with E-state index in [9.17, 15) is 14.4 Å². The van der Waals surface area contributed by atoms with E-state index in [0.29, 0.717) is 27.9 Å². The van der Waals surface area contributed by atoms with Crippen molar-refractivity contribution in [3.05, 3.63) is 69.3 Å². The Kier molecular flexibility index (Phi) is 6.26. The van der Waals surface area contributed by atoms with E-state index < -0.39 is 11.8 Å². The third-order valence-electron chi connectivity index (χ3n) is 5.76. The van der Waals surface area contributed by atoms with Crippen LogP contribution in [0, 0.1) is 12.8 Å². The van der Waals surface area contributed by atoms with Gasteiger partial charge < -0.3 is 10.2 Å². The number of carbonyl (C=O) groups is 3. The molecular weight excluding hydrogens is 449 g/mol. The fraction of sp³-hybridized carbons (Fsp3) is 0.292. The van der Waals surface area contributed by atoms with E-state index in [1.165, 1.54) is 0 Å². The molecule has 0 spiro atoms. The van der Waals surface area contributed by atoms with Crippen LogP contribution in [0.2, 0.25) is 5.02 Å². The molecule has 0 radical (unpaired) electrons. The van der Waals surface area contributed by atoms with Gasteiger partial charge in [-0.05, 0) is 61.6 Å². The highest BCUT2D eigenvalue weighted by Crippen LogP contribution is 2.32. The minimum atomic E-state index is -0.631. The lowest BCUT2D eigenvalue weighted by Gasteiger charge is -2.31. The summed E-state index contributed by atoms with van der Waals surface area (Å²) in [5, 5.41) is 3.16. The van der Waals surface area contributed by atoms with Crippen LogP contribution in [0.25, 0.3) is 0 Å². The molecule has 1 atom stereocenters. The molecule has 0 aromatic heterocycles. The van der Waals surface area contributed by atoms with Gasteiger partial charge in [0.15, 0.2) is 0 Å². The van der Waals surface area contributed by atoms with E-state index in [-0.39, 0.29) is 16.6 Å². The lowest BCUT2D eigenvalue weighted by atomic mass is 9.99. The molecule has 166 valence electrons. The van der Waals surface area contributed by atoms with Crippen molar-refractivity contribution in [2.45, 2.75) is 26.7 Å². The van der Waals surface area contributed by atoms with E-state index in [1.54, 1.807) is 42.5 Å². The molecule has 2 aromatic rings.